The van der Waals surface area contributed by atoms with Crippen LogP contribution in [0.25, 0.3) is 0 Å². The molecule has 23 heavy (non-hydrogen) atoms. The summed E-state index contributed by atoms with van der Waals surface area (Å²) in [5.74, 6) is 3.40. The highest BCUT2D eigenvalue weighted by Gasteiger charge is 2.20. The summed E-state index contributed by atoms with van der Waals surface area (Å²) in [4.78, 5) is 0. The molecule has 6 nitrogen and oxygen atoms in total. The quantitative estimate of drug-likeness (QED) is 0.880. The predicted molar refractivity (Wildman–Crippen MR) is 85.4 cm³/mol. The zero-order chi connectivity index (χ0) is 16.4. The summed E-state index contributed by atoms with van der Waals surface area (Å²) in [6, 6.07) is 6.08. The maximum Gasteiger partial charge on any atom is 0.233 e. The molecule has 3 rings (SSSR count). The Morgan fingerprint density at radius 1 is 1.04 bits per heavy atom. The van der Waals surface area contributed by atoms with Crippen molar-refractivity contribution >= 4 is 0 Å². The van der Waals surface area contributed by atoms with E-state index in [4.69, 9.17) is 13.9 Å². The second kappa shape index (κ2) is 6.58. The number of hydrogen-bond acceptors (Lipinski definition) is 6. The minimum Gasteiger partial charge on any atom is -0.454 e. The largest absolute Gasteiger partial charge is 0.454 e. The van der Waals surface area contributed by atoms with Gasteiger partial charge in [-0.25, -0.2) is 0 Å². The van der Waals surface area contributed by atoms with E-state index in [2.05, 4.69) is 36.3 Å². The normalized spacial score (nSPS) is 15.9. The van der Waals surface area contributed by atoms with E-state index in [1.165, 1.54) is 0 Å². The number of fused-ring (bicyclic) bond motifs is 1. The van der Waals surface area contributed by atoms with Crippen molar-refractivity contribution in [2.24, 2.45) is 5.92 Å². The van der Waals surface area contributed by atoms with Crippen LogP contribution in [0.5, 0.6) is 11.5 Å². The summed E-state index contributed by atoms with van der Waals surface area (Å²) >= 11 is 0. The Bertz CT molecular complexity index is 669. The Balaban J connectivity index is 1.65. The first-order valence-corrected chi connectivity index (χ1v) is 8.00. The van der Waals surface area contributed by atoms with Crippen molar-refractivity contribution in [3.63, 3.8) is 0 Å². The van der Waals surface area contributed by atoms with E-state index in [0.717, 1.165) is 23.5 Å². The highest BCUT2D eigenvalue weighted by Crippen LogP contribution is 2.34. The van der Waals surface area contributed by atoms with E-state index in [0.29, 0.717) is 17.7 Å². The number of nitrogens with zero attached hydrogens (tertiary/aromatic N) is 2. The summed E-state index contributed by atoms with van der Waals surface area (Å²) in [5, 5.41) is 11.7. The Kier molecular flexibility index (Phi) is 4.52. The topological polar surface area (TPSA) is 69.4 Å². The van der Waals surface area contributed by atoms with Crippen molar-refractivity contribution in [2.75, 3.05) is 6.79 Å². The van der Waals surface area contributed by atoms with Crippen LogP contribution in [0.4, 0.5) is 0 Å². The highest BCUT2D eigenvalue weighted by molar-refractivity contribution is 5.45. The molecule has 0 spiro atoms. The minimum atomic E-state index is -0.0242. The summed E-state index contributed by atoms with van der Waals surface area (Å²) in [6.45, 7) is 8.67. The Morgan fingerprint density at radius 2 is 1.83 bits per heavy atom. The minimum absolute atomic E-state index is 0.0242. The third-order valence-electron chi connectivity index (χ3n) is 3.83. The van der Waals surface area contributed by atoms with Crippen molar-refractivity contribution in [2.45, 2.75) is 46.2 Å². The molecule has 1 aliphatic heterocycles. The molecule has 1 aromatic carbocycles. The van der Waals surface area contributed by atoms with Crippen LogP contribution in [-0.4, -0.2) is 17.0 Å². The lowest BCUT2D eigenvalue weighted by Gasteiger charge is -2.18. The molecule has 6 heteroatoms. The van der Waals surface area contributed by atoms with E-state index in [1.54, 1.807) is 0 Å². The summed E-state index contributed by atoms with van der Waals surface area (Å²) in [7, 11) is 0. The van der Waals surface area contributed by atoms with E-state index in [1.807, 2.05) is 25.1 Å². The van der Waals surface area contributed by atoms with Crippen molar-refractivity contribution in [1.82, 2.24) is 15.5 Å². The van der Waals surface area contributed by atoms with Gasteiger partial charge in [0, 0.05) is 12.5 Å². The maximum absolute atomic E-state index is 5.74. The monoisotopic (exact) mass is 317 g/mol. The Labute approximate surface area is 136 Å². The van der Waals surface area contributed by atoms with Gasteiger partial charge >= 0.3 is 0 Å². The number of ether oxygens (including phenoxy) is 2. The SMILES string of the molecule is CC(C)Cc1nnc([C@H](C)N[C@H](C)c2ccc3c(c2)OCO3)o1. The van der Waals surface area contributed by atoms with Crippen molar-refractivity contribution in [1.29, 1.82) is 0 Å². The zero-order valence-corrected chi connectivity index (χ0v) is 14.0. The fourth-order valence-corrected chi connectivity index (χ4v) is 2.60. The number of nitrogens with one attached hydrogen (secondary N) is 1. The zero-order valence-electron chi connectivity index (χ0n) is 14.0. The van der Waals surface area contributed by atoms with Crippen LogP contribution in [0.15, 0.2) is 22.6 Å². The summed E-state index contributed by atoms with van der Waals surface area (Å²) in [5.41, 5.74) is 1.13. The molecule has 0 aliphatic carbocycles. The molecule has 0 unspecified atom stereocenters. The Hall–Kier alpha value is -2.08. The van der Waals surface area contributed by atoms with Gasteiger partial charge in [-0.3, -0.25) is 5.32 Å². The number of hydrogen-bond donors (Lipinski definition) is 1. The molecule has 1 aliphatic rings. The van der Waals surface area contributed by atoms with Gasteiger partial charge in [-0.05, 0) is 37.5 Å². The van der Waals surface area contributed by atoms with Gasteiger partial charge in [-0.2, -0.15) is 0 Å². The second-order valence-corrected chi connectivity index (χ2v) is 6.35. The summed E-state index contributed by atoms with van der Waals surface area (Å²) < 4.78 is 16.5. The van der Waals surface area contributed by atoms with Crippen LogP contribution in [0.3, 0.4) is 0 Å². The molecule has 0 bridgehead atoms. The van der Waals surface area contributed by atoms with Crippen molar-refractivity contribution in [3.05, 3.63) is 35.5 Å². The van der Waals surface area contributed by atoms with E-state index >= 15 is 0 Å². The van der Waals surface area contributed by atoms with Crippen molar-refractivity contribution in [3.8, 4) is 11.5 Å². The van der Waals surface area contributed by atoms with Crippen molar-refractivity contribution < 1.29 is 13.9 Å². The molecule has 1 aromatic heterocycles. The van der Waals surface area contributed by atoms with Crippen LogP contribution in [0.2, 0.25) is 0 Å². The predicted octanol–water partition coefficient (Wildman–Crippen LogP) is 3.41. The first kappa shape index (κ1) is 15.8. The van der Waals surface area contributed by atoms with E-state index < -0.39 is 0 Å². The first-order chi connectivity index (χ1) is 11.0. The standard InChI is InChI=1S/C17H23N3O3/c1-10(2)7-16-19-20-17(23-16)12(4)18-11(3)13-5-6-14-15(8-13)22-9-21-14/h5-6,8,10-12,18H,7,9H2,1-4H3/t11-,12+/m1/s1. The lowest BCUT2D eigenvalue weighted by atomic mass is 10.1. The fraction of sp³-hybridized carbons (Fsp3) is 0.529. The molecule has 2 heterocycles. The average Bonchev–Trinajstić information content (AvgIpc) is 3.14. The Morgan fingerprint density at radius 3 is 2.61 bits per heavy atom. The number of rotatable bonds is 6. The van der Waals surface area contributed by atoms with Crippen LogP contribution < -0.4 is 14.8 Å². The molecule has 2 aromatic rings. The van der Waals surface area contributed by atoms with Gasteiger partial charge in [0.05, 0.1) is 6.04 Å². The fourth-order valence-electron chi connectivity index (χ4n) is 2.60. The molecular formula is C17H23N3O3. The van der Waals surface area contributed by atoms with Crippen LogP contribution in [0.1, 0.15) is 57.1 Å². The smallest absolute Gasteiger partial charge is 0.233 e. The van der Waals surface area contributed by atoms with Gasteiger partial charge in [0.1, 0.15) is 0 Å². The van der Waals surface area contributed by atoms with Gasteiger partial charge in [-0.15, -0.1) is 10.2 Å². The van der Waals surface area contributed by atoms with Gasteiger partial charge in [0.2, 0.25) is 18.6 Å². The van der Waals surface area contributed by atoms with Crippen LogP contribution in [-0.2, 0) is 6.42 Å². The third kappa shape index (κ3) is 3.64. The first-order valence-electron chi connectivity index (χ1n) is 8.00. The molecule has 2 atom stereocenters. The molecule has 0 fully saturated rings. The van der Waals surface area contributed by atoms with Gasteiger partial charge in [-0.1, -0.05) is 19.9 Å². The van der Waals surface area contributed by atoms with Gasteiger partial charge in [0.15, 0.2) is 11.5 Å². The molecule has 0 saturated heterocycles. The van der Waals surface area contributed by atoms with Crippen LogP contribution >= 0.6 is 0 Å². The second-order valence-electron chi connectivity index (χ2n) is 6.35. The highest BCUT2D eigenvalue weighted by atomic mass is 16.7. The molecule has 1 N–H and O–H groups in total. The average molecular weight is 317 g/mol. The number of benzene rings is 1. The third-order valence-corrected chi connectivity index (χ3v) is 3.83. The molecular weight excluding hydrogens is 294 g/mol. The summed E-state index contributed by atoms with van der Waals surface area (Å²) in [6.07, 6.45) is 0.803. The molecule has 124 valence electrons. The number of aromatic nitrogens is 2. The maximum atomic E-state index is 5.74. The molecule has 0 saturated carbocycles. The molecule has 0 amide bonds. The molecule has 0 radical (unpaired) electrons. The lowest BCUT2D eigenvalue weighted by Crippen LogP contribution is -2.22. The lowest BCUT2D eigenvalue weighted by molar-refractivity contribution is 0.174. The van der Waals surface area contributed by atoms with E-state index in [9.17, 15) is 0 Å². The van der Waals surface area contributed by atoms with Gasteiger partial charge < -0.3 is 13.9 Å². The van der Waals surface area contributed by atoms with Gasteiger partial charge in [0.25, 0.3) is 0 Å². The van der Waals surface area contributed by atoms with Crippen LogP contribution in [0, 0.1) is 5.92 Å². The van der Waals surface area contributed by atoms with E-state index in [-0.39, 0.29) is 18.9 Å².